The van der Waals surface area contributed by atoms with Crippen LogP contribution in [0.2, 0.25) is 0 Å². The molecule has 3 heterocycles. The number of carbonyl (C=O) groups is 2. The maximum absolute atomic E-state index is 12.7. The molecule has 1 saturated heterocycles. The normalized spacial score (nSPS) is 15.3. The molecular formula is C18H20N2O3S. The van der Waals surface area contributed by atoms with E-state index in [2.05, 4.69) is 4.98 Å². The minimum absolute atomic E-state index is 0.0248. The molecule has 0 aliphatic carbocycles. The Kier molecular flexibility index (Phi) is 5.25. The average Bonchev–Trinajstić information content (AvgIpc) is 3.16. The topological polar surface area (TPSA) is 59.5 Å². The second-order valence-corrected chi connectivity index (χ2v) is 6.71. The Morgan fingerprint density at radius 1 is 1.33 bits per heavy atom. The van der Waals surface area contributed by atoms with Crippen LogP contribution >= 0.6 is 11.3 Å². The predicted octanol–water partition coefficient (Wildman–Crippen LogP) is 3.23. The number of rotatable bonds is 4. The van der Waals surface area contributed by atoms with Crippen molar-refractivity contribution in [2.24, 2.45) is 5.92 Å². The van der Waals surface area contributed by atoms with Gasteiger partial charge in [-0.1, -0.05) is 6.07 Å². The van der Waals surface area contributed by atoms with Crippen LogP contribution in [0.5, 0.6) is 0 Å². The second-order valence-electron chi connectivity index (χ2n) is 5.76. The Hall–Kier alpha value is -2.21. The van der Waals surface area contributed by atoms with Gasteiger partial charge in [-0.15, -0.1) is 11.3 Å². The molecule has 1 aliphatic rings. The Balaban J connectivity index is 1.66. The molecular weight excluding hydrogens is 324 g/mol. The summed E-state index contributed by atoms with van der Waals surface area (Å²) >= 11 is 1.62. The molecule has 1 amide bonds. The molecule has 2 aromatic rings. The zero-order valence-corrected chi connectivity index (χ0v) is 14.4. The monoisotopic (exact) mass is 344 g/mol. The first-order chi connectivity index (χ1) is 11.7. The van der Waals surface area contributed by atoms with Crippen LogP contribution in [0.1, 0.15) is 30.1 Å². The van der Waals surface area contributed by atoms with Crippen molar-refractivity contribution in [2.45, 2.75) is 19.8 Å². The third kappa shape index (κ3) is 3.64. The molecule has 2 aromatic heterocycles. The van der Waals surface area contributed by atoms with Crippen LogP contribution in [-0.2, 0) is 9.53 Å². The highest BCUT2D eigenvalue weighted by atomic mass is 32.1. The SMILES string of the molecule is CCOC(=O)C1CCN(C(=O)c2cncc(-c3cccs3)c2)CC1. The van der Waals surface area contributed by atoms with Crippen LogP contribution in [0.3, 0.4) is 0 Å². The summed E-state index contributed by atoms with van der Waals surface area (Å²) in [5, 5.41) is 2.00. The molecule has 1 aliphatic heterocycles. The van der Waals surface area contributed by atoms with Crippen LogP contribution in [0, 0.1) is 5.92 Å². The highest BCUT2D eigenvalue weighted by Crippen LogP contribution is 2.26. The lowest BCUT2D eigenvalue weighted by molar-refractivity contribution is -0.149. The van der Waals surface area contributed by atoms with Crippen molar-refractivity contribution in [3.05, 3.63) is 41.5 Å². The Morgan fingerprint density at radius 3 is 2.79 bits per heavy atom. The van der Waals surface area contributed by atoms with E-state index in [0.29, 0.717) is 38.1 Å². The molecule has 3 rings (SSSR count). The van der Waals surface area contributed by atoms with Crippen LogP contribution in [0.4, 0.5) is 0 Å². The number of thiophene rings is 1. The molecule has 0 saturated carbocycles. The third-order valence-corrected chi connectivity index (χ3v) is 5.11. The molecule has 24 heavy (non-hydrogen) atoms. The van der Waals surface area contributed by atoms with Gasteiger partial charge in [0.2, 0.25) is 0 Å². The maximum Gasteiger partial charge on any atom is 0.309 e. The summed E-state index contributed by atoms with van der Waals surface area (Å²) in [5.74, 6) is -0.265. The first-order valence-corrected chi connectivity index (χ1v) is 9.02. The molecule has 126 valence electrons. The van der Waals surface area contributed by atoms with E-state index < -0.39 is 0 Å². The molecule has 0 atom stereocenters. The van der Waals surface area contributed by atoms with Gasteiger partial charge in [-0.3, -0.25) is 14.6 Å². The van der Waals surface area contributed by atoms with Crippen molar-refractivity contribution in [3.63, 3.8) is 0 Å². The van der Waals surface area contributed by atoms with Gasteiger partial charge in [0, 0.05) is 35.9 Å². The molecule has 6 heteroatoms. The molecule has 0 bridgehead atoms. The lowest BCUT2D eigenvalue weighted by Crippen LogP contribution is -2.40. The Labute approximate surface area is 145 Å². The van der Waals surface area contributed by atoms with Crippen LogP contribution < -0.4 is 0 Å². The molecule has 0 unspecified atom stereocenters. The van der Waals surface area contributed by atoms with E-state index in [4.69, 9.17) is 4.74 Å². The number of aromatic nitrogens is 1. The zero-order chi connectivity index (χ0) is 16.9. The summed E-state index contributed by atoms with van der Waals surface area (Å²) in [6.07, 6.45) is 4.69. The molecule has 1 fully saturated rings. The zero-order valence-electron chi connectivity index (χ0n) is 13.6. The second kappa shape index (κ2) is 7.57. The van der Waals surface area contributed by atoms with Gasteiger partial charge in [0.1, 0.15) is 0 Å². The van der Waals surface area contributed by atoms with Crippen LogP contribution in [0.15, 0.2) is 36.0 Å². The van der Waals surface area contributed by atoms with Gasteiger partial charge >= 0.3 is 5.97 Å². The van der Waals surface area contributed by atoms with Gasteiger partial charge in [-0.05, 0) is 37.3 Å². The number of ether oxygens (including phenoxy) is 1. The lowest BCUT2D eigenvalue weighted by atomic mass is 9.96. The van der Waals surface area contributed by atoms with Crippen molar-refractivity contribution in [3.8, 4) is 10.4 Å². The number of nitrogens with zero attached hydrogens (tertiary/aromatic N) is 2. The highest BCUT2D eigenvalue weighted by Gasteiger charge is 2.28. The van der Waals surface area contributed by atoms with Crippen molar-refractivity contribution in [1.82, 2.24) is 9.88 Å². The van der Waals surface area contributed by atoms with E-state index >= 15 is 0 Å². The van der Waals surface area contributed by atoms with Gasteiger partial charge in [-0.2, -0.15) is 0 Å². The standard InChI is InChI=1S/C18H20N2O3S/c1-2-23-18(22)13-5-7-20(8-6-13)17(21)15-10-14(11-19-12-15)16-4-3-9-24-16/h3-4,9-13H,2,5-8H2,1H3. The summed E-state index contributed by atoms with van der Waals surface area (Å²) in [7, 11) is 0. The molecule has 0 spiro atoms. The summed E-state index contributed by atoms with van der Waals surface area (Å²) in [6, 6.07) is 5.88. The number of piperidine rings is 1. The molecule has 0 N–H and O–H groups in total. The fourth-order valence-electron chi connectivity index (χ4n) is 2.90. The van der Waals surface area contributed by atoms with Gasteiger partial charge in [-0.25, -0.2) is 0 Å². The third-order valence-electron chi connectivity index (χ3n) is 4.19. The quantitative estimate of drug-likeness (QED) is 0.799. The number of hydrogen-bond acceptors (Lipinski definition) is 5. The van der Waals surface area contributed by atoms with Crippen LogP contribution in [-0.4, -0.2) is 41.5 Å². The van der Waals surface area contributed by atoms with E-state index in [0.717, 1.165) is 10.4 Å². The highest BCUT2D eigenvalue weighted by molar-refractivity contribution is 7.13. The minimum atomic E-state index is -0.147. The maximum atomic E-state index is 12.7. The van der Waals surface area contributed by atoms with Crippen molar-refractivity contribution >= 4 is 23.2 Å². The Morgan fingerprint density at radius 2 is 2.12 bits per heavy atom. The van der Waals surface area contributed by atoms with Gasteiger partial charge < -0.3 is 9.64 Å². The van der Waals surface area contributed by atoms with Crippen LogP contribution in [0.25, 0.3) is 10.4 Å². The average molecular weight is 344 g/mol. The number of likely N-dealkylation sites (tertiary alicyclic amines) is 1. The van der Waals surface area contributed by atoms with E-state index in [1.807, 2.05) is 30.5 Å². The summed E-state index contributed by atoms with van der Waals surface area (Å²) in [4.78, 5) is 31.6. The number of carbonyl (C=O) groups excluding carboxylic acids is 2. The number of amides is 1. The fourth-order valence-corrected chi connectivity index (χ4v) is 3.60. The fraction of sp³-hybridized carbons (Fsp3) is 0.389. The molecule has 0 radical (unpaired) electrons. The number of esters is 1. The summed E-state index contributed by atoms with van der Waals surface area (Å²) < 4.78 is 5.07. The summed E-state index contributed by atoms with van der Waals surface area (Å²) in [6.45, 7) is 3.36. The number of pyridine rings is 1. The minimum Gasteiger partial charge on any atom is -0.466 e. The Bertz CT molecular complexity index is 707. The molecule has 0 aromatic carbocycles. The number of hydrogen-bond donors (Lipinski definition) is 0. The van der Waals surface area contributed by atoms with E-state index in [9.17, 15) is 9.59 Å². The van der Waals surface area contributed by atoms with Gasteiger partial charge in [0.25, 0.3) is 5.91 Å². The first kappa shape index (κ1) is 16.6. The summed E-state index contributed by atoms with van der Waals surface area (Å²) in [5.41, 5.74) is 1.55. The smallest absolute Gasteiger partial charge is 0.309 e. The van der Waals surface area contributed by atoms with Gasteiger partial charge in [0.15, 0.2) is 0 Å². The van der Waals surface area contributed by atoms with E-state index in [-0.39, 0.29) is 17.8 Å². The van der Waals surface area contributed by atoms with Crippen molar-refractivity contribution in [1.29, 1.82) is 0 Å². The van der Waals surface area contributed by atoms with Gasteiger partial charge in [0.05, 0.1) is 18.1 Å². The molecule has 5 nitrogen and oxygen atoms in total. The first-order valence-electron chi connectivity index (χ1n) is 8.14. The van der Waals surface area contributed by atoms with Crippen molar-refractivity contribution in [2.75, 3.05) is 19.7 Å². The van der Waals surface area contributed by atoms with Crippen molar-refractivity contribution < 1.29 is 14.3 Å². The van der Waals surface area contributed by atoms with E-state index in [1.165, 1.54) is 0 Å². The predicted molar refractivity (Wildman–Crippen MR) is 92.8 cm³/mol. The lowest BCUT2D eigenvalue weighted by Gasteiger charge is -2.30. The van der Waals surface area contributed by atoms with E-state index in [1.54, 1.807) is 28.6 Å². The largest absolute Gasteiger partial charge is 0.466 e.